The summed E-state index contributed by atoms with van der Waals surface area (Å²) in [4.78, 5) is 12.7. The number of hydrogen-bond donors (Lipinski definition) is 3. The highest BCUT2D eigenvalue weighted by Crippen LogP contribution is 2.41. The Morgan fingerprint density at radius 3 is 1.98 bits per heavy atom. The van der Waals surface area contributed by atoms with Gasteiger partial charge in [-0.05, 0) is 121 Å². The van der Waals surface area contributed by atoms with Crippen molar-refractivity contribution in [1.29, 1.82) is 10.8 Å². The van der Waals surface area contributed by atoms with Gasteiger partial charge in [-0.3, -0.25) is 15.6 Å². The maximum Gasteiger partial charge on any atom is 0.250 e. The van der Waals surface area contributed by atoms with Gasteiger partial charge in [-0.1, -0.05) is 108 Å². The lowest BCUT2D eigenvalue weighted by Gasteiger charge is -2.29. The van der Waals surface area contributed by atoms with Gasteiger partial charge in [0.2, 0.25) is 5.90 Å². The van der Waals surface area contributed by atoms with E-state index in [0.29, 0.717) is 34.3 Å². The fourth-order valence-corrected chi connectivity index (χ4v) is 6.70. The second-order valence-corrected chi connectivity index (χ2v) is 14.5. The first kappa shape index (κ1) is 38.0. The second-order valence-electron chi connectivity index (χ2n) is 14.5. The molecule has 1 fully saturated rings. The highest BCUT2D eigenvalue weighted by molar-refractivity contribution is 6.04. The summed E-state index contributed by atoms with van der Waals surface area (Å²) in [5, 5.41) is 19.3. The number of unbranched alkanes of at least 4 members (excludes halogenated alkanes) is 1. The minimum absolute atomic E-state index is 0.0450. The maximum atomic E-state index is 12.7. The predicted molar refractivity (Wildman–Crippen MR) is 217 cm³/mol. The minimum Gasteiger partial charge on any atom is -0.441 e. The molecule has 0 radical (unpaired) electrons. The van der Waals surface area contributed by atoms with Gasteiger partial charge >= 0.3 is 0 Å². The number of hydrogen-bond acceptors (Lipinski definition) is 5. The molecule has 6 heteroatoms. The summed E-state index contributed by atoms with van der Waals surface area (Å²) in [6, 6.07) is 29.0. The van der Waals surface area contributed by atoms with Crippen LogP contribution in [0.1, 0.15) is 91.0 Å². The Morgan fingerprint density at radius 2 is 1.37 bits per heavy atom. The van der Waals surface area contributed by atoms with E-state index in [2.05, 4.69) is 67.9 Å². The number of ether oxygens (including phenoxy) is 2. The molecule has 52 heavy (non-hydrogen) atoms. The van der Waals surface area contributed by atoms with Crippen LogP contribution in [-0.2, 0) is 4.79 Å². The third-order valence-corrected chi connectivity index (χ3v) is 9.99. The van der Waals surface area contributed by atoms with Gasteiger partial charge < -0.3 is 14.8 Å². The molecule has 1 aliphatic rings. The van der Waals surface area contributed by atoms with E-state index in [1.807, 2.05) is 50.2 Å². The van der Waals surface area contributed by atoms with Crippen LogP contribution in [0, 0.1) is 22.7 Å². The Hall–Kier alpha value is -5.23. The zero-order valence-electron chi connectivity index (χ0n) is 31.4. The molecule has 0 atom stereocenters. The van der Waals surface area contributed by atoms with Crippen molar-refractivity contribution in [3.05, 3.63) is 115 Å². The Morgan fingerprint density at radius 1 is 0.769 bits per heavy atom. The molecular formula is C46H53N3O3. The number of benzene rings is 4. The highest BCUT2D eigenvalue weighted by atomic mass is 16.5. The molecule has 4 aromatic carbocycles. The summed E-state index contributed by atoms with van der Waals surface area (Å²) in [5.41, 5.74) is 8.98. The van der Waals surface area contributed by atoms with Crippen LogP contribution in [0.4, 0.5) is 5.69 Å². The van der Waals surface area contributed by atoms with Gasteiger partial charge in [0.05, 0.1) is 5.69 Å². The van der Waals surface area contributed by atoms with Crippen LogP contribution in [0.3, 0.4) is 0 Å². The topological polar surface area (TPSA) is 95.3 Å². The first-order chi connectivity index (χ1) is 24.9. The van der Waals surface area contributed by atoms with Crippen molar-refractivity contribution in [2.45, 2.75) is 85.5 Å². The van der Waals surface area contributed by atoms with Crippen LogP contribution in [-0.4, -0.2) is 17.7 Å². The van der Waals surface area contributed by atoms with E-state index >= 15 is 0 Å². The normalized spacial score (nSPS) is 15.5. The molecule has 0 heterocycles. The molecule has 0 unspecified atom stereocenters. The van der Waals surface area contributed by atoms with Gasteiger partial charge in [0.25, 0.3) is 5.91 Å². The van der Waals surface area contributed by atoms with E-state index in [0.717, 1.165) is 39.3 Å². The molecule has 1 aliphatic carbocycles. The molecule has 0 aromatic heterocycles. The van der Waals surface area contributed by atoms with Crippen molar-refractivity contribution in [3.8, 4) is 44.9 Å². The molecule has 0 saturated heterocycles. The van der Waals surface area contributed by atoms with Gasteiger partial charge in [-0.15, -0.1) is 0 Å². The van der Waals surface area contributed by atoms with Gasteiger partial charge in [0.15, 0.2) is 11.6 Å². The van der Waals surface area contributed by atoms with Crippen molar-refractivity contribution >= 4 is 23.4 Å². The Balaban J connectivity index is 1.52. The van der Waals surface area contributed by atoms with E-state index in [4.69, 9.17) is 20.3 Å². The molecule has 5 rings (SSSR count). The second kappa shape index (κ2) is 17.3. The van der Waals surface area contributed by atoms with Crippen LogP contribution < -0.4 is 14.8 Å². The fraction of sp³-hybridized carbons (Fsp3) is 0.326. The molecule has 0 aliphatic heterocycles. The van der Waals surface area contributed by atoms with Crippen molar-refractivity contribution in [1.82, 2.24) is 0 Å². The summed E-state index contributed by atoms with van der Waals surface area (Å²) < 4.78 is 11.6. The van der Waals surface area contributed by atoms with Crippen LogP contribution in [0.25, 0.3) is 33.4 Å². The minimum atomic E-state index is -0.311. The van der Waals surface area contributed by atoms with E-state index < -0.39 is 0 Å². The molecular weight excluding hydrogens is 643 g/mol. The summed E-state index contributed by atoms with van der Waals surface area (Å²) in [6.07, 6.45) is 9.13. The summed E-state index contributed by atoms with van der Waals surface area (Å²) >= 11 is 0. The summed E-state index contributed by atoms with van der Waals surface area (Å²) in [7, 11) is 0. The predicted octanol–water partition coefficient (Wildman–Crippen LogP) is 12.6. The van der Waals surface area contributed by atoms with Crippen LogP contribution in [0.2, 0.25) is 0 Å². The summed E-state index contributed by atoms with van der Waals surface area (Å²) in [6.45, 7) is 17.1. The van der Waals surface area contributed by atoms with Gasteiger partial charge in [0, 0.05) is 17.1 Å². The molecule has 4 aromatic rings. The molecule has 1 saturated carbocycles. The first-order valence-electron chi connectivity index (χ1n) is 18.6. The molecule has 0 spiro atoms. The van der Waals surface area contributed by atoms with E-state index in [9.17, 15) is 4.79 Å². The van der Waals surface area contributed by atoms with Gasteiger partial charge in [0.1, 0.15) is 5.75 Å². The monoisotopic (exact) mass is 695 g/mol. The summed E-state index contributed by atoms with van der Waals surface area (Å²) in [5.74, 6) is 2.22. The average Bonchev–Trinajstić information content (AvgIpc) is 3.15. The Kier molecular flexibility index (Phi) is 12.7. The van der Waals surface area contributed by atoms with Crippen molar-refractivity contribution in [3.63, 3.8) is 0 Å². The van der Waals surface area contributed by atoms with Crippen LogP contribution in [0.5, 0.6) is 11.5 Å². The quantitative estimate of drug-likeness (QED) is 0.0738. The molecule has 0 bridgehead atoms. The third-order valence-electron chi connectivity index (χ3n) is 9.99. The largest absolute Gasteiger partial charge is 0.441 e. The van der Waals surface area contributed by atoms with Gasteiger partial charge in [-0.25, -0.2) is 0 Å². The standard InChI is InChI=1S/C46H53N3O3/c1-8-9-10-32-11-13-33(14-12-32)34-15-17-36(18-16-34)41-27-37(21-25-40(41)35-19-23-39(24-20-35)51-44(47)29(2)3)38-22-26-43(52-45(48)30(4)5)42(28-38)49-46(50)31(6)7/h15-28,30,32-33,47-48H,2,6,8-14H2,1,3-5,7H3,(H,49,50). The zero-order chi connectivity index (χ0) is 37.4. The Labute approximate surface area is 310 Å². The molecule has 3 N–H and O–H groups in total. The number of amides is 1. The van der Waals surface area contributed by atoms with Crippen molar-refractivity contribution in [2.75, 3.05) is 5.32 Å². The first-order valence-corrected chi connectivity index (χ1v) is 18.6. The number of anilines is 1. The fourth-order valence-electron chi connectivity index (χ4n) is 6.70. The van der Waals surface area contributed by atoms with Crippen molar-refractivity contribution < 1.29 is 14.3 Å². The number of carbonyl (C=O) groups is 1. The average molecular weight is 696 g/mol. The number of rotatable bonds is 13. The third kappa shape index (κ3) is 9.55. The zero-order valence-corrected chi connectivity index (χ0v) is 31.4. The lowest BCUT2D eigenvalue weighted by atomic mass is 9.77. The Bertz CT molecular complexity index is 1930. The SMILES string of the molecule is C=C(C)C(=N)Oc1ccc(-c2ccc(-c3ccc(OC(=N)C(C)C)c(NC(=O)C(=C)C)c3)cc2-c2ccc(C3CCC(CCCC)CC3)cc2)cc1. The van der Waals surface area contributed by atoms with Crippen LogP contribution >= 0.6 is 0 Å². The molecule has 1 amide bonds. The van der Waals surface area contributed by atoms with Crippen molar-refractivity contribution in [2.24, 2.45) is 11.8 Å². The number of nitrogens with one attached hydrogen (secondary N) is 3. The highest BCUT2D eigenvalue weighted by Gasteiger charge is 2.22. The lowest BCUT2D eigenvalue weighted by Crippen LogP contribution is -2.17. The van der Waals surface area contributed by atoms with Gasteiger partial charge in [-0.2, -0.15) is 0 Å². The smallest absolute Gasteiger partial charge is 0.250 e. The molecule has 6 nitrogen and oxygen atoms in total. The number of carbonyl (C=O) groups excluding carboxylic acids is 1. The van der Waals surface area contributed by atoms with E-state index in [1.165, 1.54) is 50.5 Å². The molecule has 270 valence electrons. The van der Waals surface area contributed by atoms with Crippen LogP contribution in [0.15, 0.2) is 109 Å². The van der Waals surface area contributed by atoms with E-state index in [1.54, 1.807) is 19.9 Å². The maximum absolute atomic E-state index is 12.7. The lowest BCUT2D eigenvalue weighted by molar-refractivity contribution is -0.112. The van der Waals surface area contributed by atoms with E-state index in [-0.39, 0.29) is 23.6 Å².